The van der Waals surface area contributed by atoms with Crippen molar-refractivity contribution in [2.75, 3.05) is 32.8 Å². The second kappa shape index (κ2) is 7.96. The molecule has 5 heteroatoms. The molecule has 0 bridgehead atoms. The van der Waals surface area contributed by atoms with E-state index >= 15 is 0 Å². The monoisotopic (exact) mass is 222 g/mol. The maximum Gasteiger partial charge on any atom is 0.261 e. The van der Waals surface area contributed by atoms with Gasteiger partial charge in [-0.3, -0.25) is 0 Å². The molecule has 0 aromatic rings. The van der Waals surface area contributed by atoms with Crippen LogP contribution in [0.5, 0.6) is 0 Å². The Morgan fingerprint density at radius 2 is 2.20 bits per heavy atom. The van der Waals surface area contributed by atoms with Gasteiger partial charge in [0.25, 0.3) is 6.43 Å². The van der Waals surface area contributed by atoms with Crippen molar-refractivity contribution in [1.29, 1.82) is 0 Å². The molecular weight excluding hydrogens is 202 g/mol. The lowest BCUT2D eigenvalue weighted by atomic mass is 10.1. The van der Waals surface area contributed by atoms with E-state index in [0.717, 1.165) is 25.9 Å². The zero-order valence-corrected chi connectivity index (χ0v) is 8.98. The highest BCUT2D eigenvalue weighted by molar-refractivity contribution is 4.72. The van der Waals surface area contributed by atoms with E-state index in [-0.39, 0.29) is 0 Å². The van der Waals surface area contributed by atoms with Crippen molar-refractivity contribution in [1.82, 2.24) is 10.6 Å². The minimum Gasteiger partial charge on any atom is -0.374 e. The Hall–Kier alpha value is -0.260. The van der Waals surface area contributed by atoms with Crippen molar-refractivity contribution in [2.24, 2.45) is 0 Å². The van der Waals surface area contributed by atoms with Gasteiger partial charge in [0.2, 0.25) is 0 Å². The molecule has 1 aliphatic rings. The number of alkyl halides is 2. The first kappa shape index (κ1) is 12.8. The van der Waals surface area contributed by atoms with Crippen LogP contribution >= 0.6 is 0 Å². The molecule has 1 aliphatic heterocycles. The van der Waals surface area contributed by atoms with Gasteiger partial charge in [0.15, 0.2) is 0 Å². The fraction of sp³-hybridized carbons (Fsp3) is 1.00. The summed E-state index contributed by atoms with van der Waals surface area (Å²) in [5, 5.41) is 6.65. The van der Waals surface area contributed by atoms with Crippen molar-refractivity contribution in [3.8, 4) is 0 Å². The summed E-state index contributed by atoms with van der Waals surface area (Å²) >= 11 is 0. The molecule has 0 aromatic carbocycles. The number of hydrogen-bond donors (Lipinski definition) is 2. The van der Waals surface area contributed by atoms with Crippen molar-refractivity contribution < 1.29 is 13.5 Å². The first-order valence-electron chi connectivity index (χ1n) is 5.59. The summed E-state index contributed by atoms with van der Waals surface area (Å²) in [5.41, 5.74) is 0. The van der Waals surface area contributed by atoms with Crippen LogP contribution in [0.1, 0.15) is 19.3 Å². The van der Waals surface area contributed by atoms with Crippen LogP contribution in [0.25, 0.3) is 0 Å². The average molecular weight is 222 g/mol. The van der Waals surface area contributed by atoms with Gasteiger partial charge < -0.3 is 15.4 Å². The normalized spacial score (nSPS) is 23.0. The molecule has 1 fully saturated rings. The van der Waals surface area contributed by atoms with Gasteiger partial charge in [0, 0.05) is 12.6 Å². The lowest BCUT2D eigenvalue weighted by Crippen LogP contribution is -2.33. The molecule has 1 atom stereocenters. The smallest absolute Gasteiger partial charge is 0.261 e. The summed E-state index contributed by atoms with van der Waals surface area (Å²) in [5.74, 6) is 0. The highest BCUT2D eigenvalue weighted by atomic mass is 19.3. The van der Waals surface area contributed by atoms with Gasteiger partial charge in [0.05, 0.1) is 6.61 Å². The van der Waals surface area contributed by atoms with Crippen LogP contribution in [-0.2, 0) is 4.74 Å². The summed E-state index contributed by atoms with van der Waals surface area (Å²) in [6.07, 6.45) is 1.08. The number of ether oxygens (including phenoxy) is 1. The third-order valence-electron chi connectivity index (χ3n) is 2.50. The van der Waals surface area contributed by atoms with Crippen LogP contribution in [0.15, 0.2) is 0 Å². The number of hydrogen-bond acceptors (Lipinski definition) is 3. The Kier molecular flexibility index (Phi) is 6.80. The van der Waals surface area contributed by atoms with Crippen molar-refractivity contribution in [3.05, 3.63) is 0 Å². The van der Waals surface area contributed by atoms with Crippen LogP contribution in [0.4, 0.5) is 8.78 Å². The summed E-state index contributed by atoms with van der Waals surface area (Å²) < 4.78 is 28.2. The lowest BCUT2D eigenvalue weighted by molar-refractivity contribution is 0.0181. The molecule has 90 valence electrons. The van der Waals surface area contributed by atoms with E-state index in [2.05, 4.69) is 10.6 Å². The zero-order valence-electron chi connectivity index (χ0n) is 8.98. The van der Waals surface area contributed by atoms with Crippen LogP contribution in [0.2, 0.25) is 0 Å². The molecule has 1 rings (SSSR count). The molecule has 15 heavy (non-hydrogen) atoms. The fourth-order valence-electron chi connectivity index (χ4n) is 1.73. The predicted octanol–water partition coefficient (Wildman–Crippen LogP) is 1.000. The molecule has 0 spiro atoms. The van der Waals surface area contributed by atoms with Gasteiger partial charge in [-0.2, -0.15) is 0 Å². The summed E-state index contributed by atoms with van der Waals surface area (Å²) in [6, 6.07) is 0.509. The van der Waals surface area contributed by atoms with Gasteiger partial charge in [0.1, 0.15) is 6.61 Å². The molecule has 0 aromatic heterocycles. The van der Waals surface area contributed by atoms with E-state index < -0.39 is 13.0 Å². The van der Waals surface area contributed by atoms with E-state index in [0.29, 0.717) is 19.2 Å². The largest absolute Gasteiger partial charge is 0.374 e. The van der Waals surface area contributed by atoms with Gasteiger partial charge in [-0.1, -0.05) is 0 Å². The van der Waals surface area contributed by atoms with E-state index in [1.165, 1.54) is 6.42 Å². The molecule has 0 radical (unpaired) electrons. The van der Waals surface area contributed by atoms with Gasteiger partial charge in [-0.15, -0.1) is 0 Å². The summed E-state index contributed by atoms with van der Waals surface area (Å²) in [6.45, 7) is 2.70. The molecule has 1 unspecified atom stereocenters. The van der Waals surface area contributed by atoms with E-state index in [1.807, 2.05) is 0 Å². The maximum absolute atomic E-state index is 11.7. The number of rotatable bonds is 6. The maximum atomic E-state index is 11.7. The quantitative estimate of drug-likeness (QED) is 0.658. The van der Waals surface area contributed by atoms with Crippen LogP contribution < -0.4 is 10.6 Å². The van der Waals surface area contributed by atoms with Gasteiger partial charge in [-0.05, 0) is 32.4 Å². The Labute approximate surface area is 89.6 Å². The standard InChI is InChI=1S/C10H20F2N2O/c11-10(12)8-15-7-6-14-9-2-1-4-13-5-3-9/h9-10,13-14H,1-8H2. The van der Waals surface area contributed by atoms with E-state index in [9.17, 15) is 8.78 Å². The molecule has 2 N–H and O–H groups in total. The van der Waals surface area contributed by atoms with E-state index in [1.54, 1.807) is 0 Å². The van der Waals surface area contributed by atoms with Crippen molar-refractivity contribution in [2.45, 2.75) is 31.7 Å². The van der Waals surface area contributed by atoms with Gasteiger partial charge in [-0.25, -0.2) is 8.78 Å². The molecule has 0 amide bonds. The van der Waals surface area contributed by atoms with Crippen LogP contribution in [0, 0.1) is 0 Å². The number of halogens is 2. The summed E-state index contributed by atoms with van der Waals surface area (Å²) in [7, 11) is 0. The average Bonchev–Trinajstić information content (AvgIpc) is 2.45. The second-order valence-electron chi connectivity index (χ2n) is 3.80. The third kappa shape index (κ3) is 6.76. The molecule has 1 heterocycles. The molecular formula is C10H20F2N2O. The van der Waals surface area contributed by atoms with Crippen LogP contribution in [0.3, 0.4) is 0 Å². The first-order valence-corrected chi connectivity index (χ1v) is 5.59. The topological polar surface area (TPSA) is 33.3 Å². The predicted molar refractivity (Wildman–Crippen MR) is 55.3 cm³/mol. The lowest BCUT2D eigenvalue weighted by Gasteiger charge is -2.15. The minimum atomic E-state index is -2.35. The Morgan fingerprint density at radius 1 is 1.33 bits per heavy atom. The van der Waals surface area contributed by atoms with Crippen molar-refractivity contribution in [3.63, 3.8) is 0 Å². The van der Waals surface area contributed by atoms with E-state index in [4.69, 9.17) is 4.74 Å². The zero-order chi connectivity index (χ0) is 10.9. The first-order chi connectivity index (χ1) is 7.29. The Morgan fingerprint density at radius 3 is 3.00 bits per heavy atom. The molecule has 0 aliphatic carbocycles. The van der Waals surface area contributed by atoms with Gasteiger partial charge >= 0.3 is 0 Å². The summed E-state index contributed by atoms with van der Waals surface area (Å²) in [4.78, 5) is 0. The highest BCUT2D eigenvalue weighted by Gasteiger charge is 2.10. The van der Waals surface area contributed by atoms with Crippen molar-refractivity contribution >= 4 is 0 Å². The SMILES string of the molecule is FC(F)COCCNC1CCCNCC1. The number of nitrogens with one attached hydrogen (secondary N) is 2. The minimum absolute atomic E-state index is 0.369. The Balaban J connectivity index is 1.94. The molecule has 1 saturated heterocycles. The van der Waals surface area contributed by atoms with Crippen LogP contribution in [-0.4, -0.2) is 45.3 Å². The Bertz CT molecular complexity index is 150. The highest BCUT2D eigenvalue weighted by Crippen LogP contribution is 2.04. The third-order valence-corrected chi connectivity index (χ3v) is 2.50. The fourth-order valence-corrected chi connectivity index (χ4v) is 1.73. The molecule has 0 saturated carbocycles. The molecule has 3 nitrogen and oxygen atoms in total. The second-order valence-corrected chi connectivity index (χ2v) is 3.80.